The number of ether oxygens (including phenoxy) is 1. The van der Waals surface area contributed by atoms with Gasteiger partial charge in [-0.05, 0) is 38.0 Å². The fraction of sp³-hybridized carbons (Fsp3) is 0.273. The fourth-order valence-electron chi connectivity index (χ4n) is 2.91. The quantitative estimate of drug-likeness (QED) is 0.614. The van der Waals surface area contributed by atoms with Gasteiger partial charge in [-0.3, -0.25) is 4.79 Å². The number of para-hydroxylation sites is 1. The summed E-state index contributed by atoms with van der Waals surface area (Å²) in [5.41, 5.74) is 3.52. The molecule has 1 unspecified atom stereocenters. The Balaban J connectivity index is 1.46. The summed E-state index contributed by atoms with van der Waals surface area (Å²) in [5.74, 6) is -0.106. The van der Waals surface area contributed by atoms with E-state index in [1.807, 2.05) is 62.4 Å². The predicted octanol–water partition coefficient (Wildman–Crippen LogP) is 4.08. The van der Waals surface area contributed by atoms with E-state index in [0.29, 0.717) is 18.7 Å². The molecule has 0 saturated heterocycles. The standard InChI is InChI=1S/C22H25N3O2/c1-17-21(16-24-25(17)20-12-7-4-8-13-20)22(26)23-14-9-15-27-18(2)19-10-5-3-6-11-19/h3-8,10-13,16,18H,9,14-15H2,1-2H3,(H,23,26). The van der Waals surface area contributed by atoms with E-state index < -0.39 is 0 Å². The van der Waals surface area contributed by atoms with Crippen molar-refractivity contribution < 1.29 is 9.53 Å². The Morgan fingerprint density at radius 1 is 1.11 bits per heavy atom. The molecule has 0 aliphatic heterocycles. The lowest BCUT2D eigenvalue weighted by Crippen LogP contribution is -2.25. The molecule has 1 amide bonds. The number of nitrogens with one attached hydrogen (secondary N) is 1. The van der Waals surface area contributed by atoms with Gasteiger partial charge in [0.05, 0.1) is 29.2 Å². The molecule has 1 aromatic heterocycles. The van der Waals surface area contributed by atoms with Crippen molar-refractivity contribution in [1.82, 2.24) is 15.1 Å². The molecule has 27 heavy (non-hydrogen) atoms. The van der Waals surface area contributed by atoms with Gasteiger partial charge < -0.3 is 10.1 Å². The second-order valence-corrected chi connectivity index (χ2v) is 6.42. The zero-order valence-corrected chi connectivity index (χ0v) is 15.8. The highest BCUT2D eigenvalue weighted by Gasteiger charge is 2.14. The molecule has 1 atom stereocenters. The minimum absolute atomic E-state index is 0.0493. The van der Waals surface area contributed by atoms with Crippen molar-refractivity contribution in [3.8, 4) is 5.69 Å². The maximum Gasteiger partial charge on any atom is 0.254 e. The highest BCUT2D eigenvalue weighted by molar-refractivity contribution is 5.95. The van der Waals surface area contributed by atoms with Crippen molar-refractivity contribution in [3.63, 3.8) is 0 Å². The van der Waals surface area contributed by atoms with Crippen LogP contribution in [0.5, 0.6) is 0 Å². The molecule has 0 spiro atoms. The SMILES string of the molecule is Cc1c(C(=O)NCCCOC(C)c2ccccc2)cnn1-c1ccccc1. The average molecular weight is 363 g/mol. The van der Waals surface area contributed by atoms with Crippen LogP contribution in [0.1, 0.15) is 41.1 Å². The first-order chi connectivity index (χ1) is 13.2. The third-order valence-electron chi connectivity index (χ3n) is 4.50. The lowest BCUT2D eigenvalue weighted by molar-refractivity contribution is 0.0635. The van der Waals surface area contributed by atoms with Crippen molar-refractivity contribution in [1.29, 1.82) is 0 Å². The number of hydrogen-bond acceptors (Lipinski definition) is 3. The molecule has 0 bridgehead atoms. The number of benzene rings is 2. The molecule has 140 valence electrons. The Bertz CT molecular complexity index is 860. The summed E-state index contributed by atoms with van der Waals surface area (Å²) >= 11 is 0. The number of carbonyl (C=O) groups excluding carboxylic acids is 1. The smallest absolute Gasteiger partial charge is 0.254 e. The van der Waals surface area contributed by atoms with Gasteiger partial charge >= 0.3 is 0 Å². The molecule has 1 heterocycles. The fourth-order valence-corrected chi connectivity index (χ4v) is 2.91. The van der Waals surface area contributed by atoms with Gasteiger partial charge in [-0.2, -0.15) is 5.10 Å². The molecule has 5 nitrogen and oxygen atoms in total. The molecule has 0 aliphatic carbocycles. The Morgan fingerprint density at radius 3 is 2.48 bits per heavy atom. The third-order valence-corrected chi connectivity index (χ3v) is 4.50. The largest absolute Gasteiger partial charge is 0.374 e. The van der Waals surface area contributed by atoms with E-state index in [2.05, 4.69) is 22.5 Å². The first-order valence-corrected chi connectivity index (χ1v) is 9.21. The van der Waals surface area contributed by atoms with E-state index in [9.17, 15) is 4.79 Å². The van der Waals surface area contributed by atoms with Crippen LogP contribution in [0.15, 0.2) is 66.9 Å². The van der Waals surface area contributed by atoms with E-state index in [0.717, 1.165) is 23.4 Å². The van der Waals surface area contributed by atoms with Crippen LogP contribution >= 0.6 is 0 Å². The first-order valence-electron chi connectivity index (χ1n) is 9.21. The lowest BCUT2D eigenvalue weighted by atomic mass is 10.1. The number of carbonyl (C=O) groups is 1. The van der Waals surface area contributed by atoms with Crippen LogP contribution in [0, 0.1) is 6.92 Å². The van der Waals surface area contributed by atoms with Crippen LogP contribution in [-0.2, 0) is 4.74 Å². The summed E-state index contributed by atoms with van der Waals surface area (Å²) in [6.07, 6.45) is 2.42. The molecule has 0 fully saturated rings. The second kappa shape index (κ2) is 9.14. The minimum Gasteiger partial charge on any atom is -0.374 e. The predicted molar refractivity (Wildman–Crippen MR) is 106 cm³/mol. The normalized spacial score (nSPS) is 11.9. The summed E-state index contributed by atoms with van der Waals surface area (Å²) in [6, 6.07) is 19.9. The lowest BCUT2D eigenvalue weighted by Gasteiger charge is -2.13. The molecule has 1 N–H and O–H groups in total. The van der Waals surface area contributed by atoms with E-state index in [4.69, 9.17) is 4.74 Å². The van der Waals surface area contributed by atoms with E-state index in [-0.39, 0.29) is 12.0 Å². The summed E-state index contributed by atoms with van der Waals surface area (Å²) < 4.78 is 7.61. The monoisotopic (exact) mass is 363 g/mol. The van der Waals surface area contributed by atoms with Crippen LogP contribution in [0.4, 0.5) is 0 Å². The van der Waals surface area contributed by atoms with Crippen LogP contribution < -0.4 is 5.32 Å². The maximum atomic E-state index is 12.4. The summed E-state index contributed by atoms with van der Waals surface area (Å²) in [7, 11) is 0. The highest BCUT2D eigenvalue weighted by Crippen LogP contribution is 2.16. The third kappa shape index (κ3) is 4.83. The van der Waals surface area contributed by atoms with Gasteiger partial charge in [-0.25, -0.2) is 4.68 Å². The molecule has 3 aromatic rings. The van der Waals surface area contributed by atoms with Gasteiger partial charge in [0.15, 0.2) is 0 Å². The van der Waals surface area contributed by atoms with Gasteiger partial charge in [-0.1, -0.05) is 48.5 Å². The first kappa shape index (κ1) is 18.9. The van der Waals surface area contributed by atoms with Gasteiger partial charge in [0.2, 0.25) is 0 Å². The van der Waals surface area contributed by atoms with Gasteiger partial charge in [0.1, 0.15) is 0 Å². The molecule has 0 saturated carbocycles. The Hall–Kier alpha value is -2.92. The summed E-state index contributed by atoms with van der Waals surface area (Å²) in [6.45, 7) is 5.10. The van der Waals surface area contributed by atoms with Gasteiger partial charge in [-0.15, -0.1) is 0 Å². The summed E-state index contributed by atoms with van der Waals surface area (Å²) in [4.78, 5) is 12.4. The number of amides is 1. The molecular formula is C22H25N3O2. The van der Waals surface area contributed by atoms with Gasteiger partial charge in [0, 0.05) is 13.2 Å². The Labute approximate surface area is 160 Å². The number of hydrogen-bond donors (Lipinski definition) is 1. The molecule has 0 aliphatic rings. The minimum atomic E-state index is -0.106. The topological polar surface area (TPSA) is 56.1 Å². The van der Waals surface area contributed by atoms with Crippen LogP contribution in [-0.4, -0.2) is 28.8 Å². The zero-order valence-electron chi connectivity index (χ0n) is 15.8. The van der Waals surface area contributed by atoms with Crippen molar-refractivity contribution in [2.24, 2.45) is 0 Å². The maximum absolute atomic E-state index is 12.4. The van der Waals surface area contributed by atoms with Crippen molar-refractivity contribution in [3.05, 3.63) is 83.7 Å². The average Bonchev–Trinajstić information content (AvgIpc) is 3.10. The van der Waals surface area contributed by atoms with Crippen molar-refractivity contribution in [2.45, 2.75) is 26.4 Å². The Kier molecular flexibility index (Phi) is 6.39. The van der Waals surface area contributed by atoms with E-state index >= 15 is 0 Å². The van der Waals surface area contributed by atoms with Crippen LogP contribution in [0.25, 0.3) is 5.69 Å². The number of nitrogens with zero attached hydrogens (tertiary/aromatic N) is 2. The molecule has 0 radical (unpaired) electrons. The molecule has 3 rings (SSSR count). The van der Waals surface area contributed by atoms with Crippen molar-refractivity contribution in [2.75, 3.05) is 13.2 Å². The Morgan fingerprint density at radius 2 is 1.78 bits per heavy atom. The van der Waals surface area contributed by atoms with Crippen LogP contribution in [0.2, 0.25) is 0 Å². The van der Waals surface area contributed by atoms with E-state index in [1.165, 1.54) is 0 Å². The number of rotatable bonds is 8. The van der Waals surface area contributed by atoms with E-state index in [1.54, 1.807) is 10.9 Å². The number of aromatic nitrogens is 2. The summed E-state index contributed by atoms with van der Waals surface area (Å²) in [5, 5.41) is 7.29. The second-order valence-electron chi connectivity index (χ2n) is 6.42. The van der Waals surface area contributed by atoms with Gasteiger partial charge in [0.25, 0.3) is 5.91 Å². The molecular weight excluding hydrogens is 338 g/mol. The molecule has 5 heteroatoms. The van der Waals surface area contributed by atoms with Crippen molar-refractivity contribution >= 4 is 5.91 Å². The highest BCUT2D eigenvalue weighted by atomic mass is 16.5. The van der Waals surface area contributed by atoms with Crippen LogP contribution in [0.3, 0.4) is 0 Å². The molecule has 2 aromatic carbocycles. The zero-order chi connectivity index (χ0) is 19.1.